The van der Waals surface area contributed by atoms with E-state index in [1.165, 1.54) is 52.1 Å². The number of carbonyl (C=O) groups is 1. The zero-order valence-electron chi connectivity index (χ0n) is 10.6. The molecule has 0 amide bonds. The van der Waals surface area contributed by atoms with Crippen LogP contribution >= 0.6 is 11.8 Å². The molecule has 0 spiro atoms. The first-order valence-corrected chi connectivity index (χ1v) is 7.80. The van der Waals surface area contributed by atoms with Crippen LogP contribution in [-0.4, -0.2) is 36.2 Å². The molecule has 2 rings (SSSR count). The van der Waals surface area contributed by atoms with Crippen LogP contribution in [0.25, 0.3) is 0 Å². The summed E-state index contributed by atoms with van der Waals surface area (Å²) in [6.07, 6.45) is 9.16. The summed E-state index contributed by atoms with van der Waals surface area (Å²) in [4.78, 5) is 11.6. The molecule has 2 aliphatic carbocycles. The Hall–Kier alpha value is -0.220. The molecule has 0 aromatic carbocycles. The topological polar surface area (TPSA) is 38.3 Å². The van der Waals surface area contributed by atoms with Crippen LogP contribution in [0.3, 0.4) is 0 Å². The lowest BCUT2D eigenvalue weighted by Crippen LogP contribution is -2.41. The maximum atomic E-state index is 11.6. The number of methoxy groups -OCH3 is 1. The van der Waals surface area contributed by atoms with Crippen molar-refractivity contribution in [1.82, 2.24) is 5.32 Å². The molecule has 1 atom stereocenters. The molecule has 0 radical (unpaired) electrons. The number of rotatable bonds is 6. The molecule has 0 aromatic rings. The maximum Gasteiger partial charge on any atom is 0.323 e. The monoisotopic (exact) mass is 257 g/mol. The second kappa shape index (κ2) is 6.64. The van der Waals surface area contributed by atoms with E-state index in [1.807, 2.05) is 11.8 Å². The summed E-state index contributed by atoms with van der Waals surface area (Å²) in [6, 6.07) is 0.463. The normalized spacial score (nSPS) is 23.4. The van der Waals surface area contributed by atoms with Crippen molar-refractivity contribution in [2.75, 3.05) is 12.9 Å². The third-order valence-corrected chi connectivity index (χ3v) is 5.02. The van der Waals surface area contributed by atoms with Gasteiger partial charge in [0, 0.05) is 17.0 Å². The minimum absolute atomic E-state index is 0.0970. The van der Waals surface area contributed by atoms with E-state index < -0.39 is 0 Å². The van der Waals surface area contributed by atoms with E-state index in [0.717, 1.165) is 11.0 Å². The van der Waals surface area contributed by atoms with E-state index >= 15 is 0 Å². The molecule has 1 N–H and O–H groups in total. The van der Waals surface area contributed by atoms with Gasteiger partial charge in [0.05, 0.1) is 7.11 Å². The minimum Gasteiger partial charge on any atom is -0.468 e. The summed E-state index contributed by atoms with van der Waals surface area (Å²) in [5.41, 5.74) is 0. The lowest BCUT2D eigenvalue weighted by atomic mass is 10.0. The Bertz CT molecular complexity index is 250. The zero-order valence-corrected chi connectivity index (χ0v) is 11.4. The van der Waals surface area contributed by atoms with Gasteiger partial charge in [0.15, 0.2) is 0 Å². The predicted molar refractivity (Wildman–Crippen MR) is 71.3 cm³/mol. The highest BCUT2D eigenvalue weighted by Crippen LogP contribution is 2.29. The highest BCUT2D eigenvalue weighted by atomic mass is 32.2. The van der Waals surface area contributed by atoms with Crippen molar-refractivity contribution in [1.29, 1.82) is 0 Å². The van der Waals surface area contributed by atoms with Crippen molar-refractivity contribution < 1.29 is 9.53 Å². The van der Waals surface area contributed by atoms with E-state index in [2.05, 4.69) is 5.32 Å². The number of esters is 1. The van der Waals surface area contributed by atoms with Gasteiger partial charge < -0.3 is 10.1 Å². The molecular weight excluding hydrogens is 234 g/mol. The van der Waals surface area contributed by atoms with Crippen LogP contribution < -0.4 is 5.32 Å². The number of hydrogen-bond acceptors (Lipinski definition) is 4. The van der Waals surface area contributed by atoms with Crippen LogP contribution in [0.15, 0.2) is 0 Å². The van der Waals surface area contributed by atoms with E-state index in [4.69, 9.17) is 4.74 Å². The van der Waals surface area contributed by atoms with Gasteiger partial charge in [-0.25, -0.2) is 0 Å². The summed E-state index contributed by atoms with van der Waals surface area (Å²) in [5, 5.41) is 4.15. The van der Waals surface area contributed by atoms with Crippen molar-refractivity contribution in [2.24, 2.45) is 0 Å². The Labute approximate surface area is 108 Å². The van der Waals surface area contributed by atoms with Crippen molar-refractivity contribution >= 4 is 17.7 Å². The van der Waals surface area contributed by atoms with Crippen LogP contribution in [0.2, 0.25) is 0 Å². The smallest absolute Gasteiger partial charge is 0.323 e. The first-order chi connectivity index (χ1) is 8.29. The number of hydrogen-bond donors (Lipinski definition) is 1. The Morgan fingerprint density at radius 1 is 1.29 bits per heavy atom. The molecule has 0 aromatic heterocycles. The van der Waals surface area contributed by atoms with E-state index in [0.29, 0.717) is 6.04 Å². The lowest BCUT2D eigenvalue weighted by molar-refractivity contribution is -0.142. The van der Waals surface area contributed by atoms with Crippen LogP contribution in [0.4, 0.5) is 0 Å². The molecule has 0 saturated heterocycles. The second-order valence-corrected chi connectivity index (χ2v) is 6.44. The third-order valence-electron chi connectivity index (χ3n) is 3.55. The molecule has 17 heavy (non-hydrogen) atoms. The molecule has 2 aliphatic rings. The molecule has 3 nitrogen and oxygen atoms in total. The van der Waals surface area contributed by atoms with Gasteiger partial charge in [-0.1, -0.05) is 19.3 Å². The van der Waals surface area contributed by atoms with Gasteiger partial charge in [0.1, 0.15) is 6.04 Å². The SMILES string of the molecule is COC(=O)C(CSC1CCCCC1)NC1CC1. The van der Waals surface area contributed by atoms with Gasteiger partial charge in [0.2, 0.25) is 0 Å². The van der Waals surface area contributed by atoms with Crippen LogP contribution in [0, 0.1) is 0 Å². The first-order valence-electron chi connectivity index (χ1n) is 6.75. The summed E-state index contributed by atoms with van der Waals surface area (Å²) in [5.74, 6) is 0.772. The molecule has 4 heteroatoms. The molecular formula is C13H23NO2S. The van der Waals surface area contributed by atoms with Crippen molar-refractivity contribution in [3.63, 3.8) is 0 Å². The fraction of sp³-hybridized carbons (Fsp3) is 0.923. The molecule has 2 saturated carbocycles. The molecule has 2 fully saturated rings. The maximum absolute atomic E-state index is 11.6. The summed E-state index contributed by atoms with van der Waals surface area (Å²) in [7, 11) is 1.48. The van der Waals surface area contributed by atoms with Gasteiger partial charge in [0.25, 0.3) is 0 Å². The van der Waals surface area contributed by atoms with Gasteiger partial charge in [-0.2, -0.15) is 11.8 Å². The molecule has 0 bridgehead atoms. The largest absolute Gasteiger partial charge is 0.468 e. The fourth-order valence-electron chi connectivity index (χ4n) is 2.33. The number of ether oxygens (including phenoxy) is 1. The Morgan fingerprint density at radius 2 is 2.00 bits per heavy atom. The third kappa shape index (κ3) is 4.51. The highest BCUT2D eigenvalue weighted by molar-refractivity contribution is 7.99. The minimum atomic E-state index is -0.0978. The molecule has 0 aliphatic heterocycles. The molecule has 1 unspecified atom stereocenters. The van der Waals surface area contributed by atoms with Gasteiger partial charge in [-0.05, 0) is 25.7 Å². The Balaban J connectivity index is 1.72. The predicted octanol–water partition coefficient (Wildman–Crippen LogP) is 2.35. The van der Waals surface area contributed by atoms with E-state index in [1.54, 1.807) is 0 Å². The van der Waals surface area contributed by atoms with Crippen LogP contribution in [-0.2, 0) is 9.53 Å². The standard InChI is InChI=1S/C13H23NO2S/c1-16-13(15)12(14-10-7-8-10)9-17-11-5-3-2-4-6-11/h10-12,14H,2-9H2,1H3. The quantitative estimate of drug-likeness (QED) is 0.741. The van der Waals surface area contributed by atoms with Crippen molar-refractivity contribution in [3.05, 3.63) is 0 Å². The fourth-order valence-corrected chi connectivity index (χ4v) is 3.69. The summed E-state index contributed by atoms with van der Waals surface area (Å²) in [6.45, 7) is 0. The summed E-state index contributed by atoms with van der Waals surface area (Å²) < 4.78 is 4.87. The molecule has 0 heterocycles. The number of nitrogens with one attached hydrogen (secondary N) is 1. The molecule has 98 valence electrons. The van der Waals surface area contributed by atoms with Gasteiger partial charge >= 0.3 is 5.97 Å². The number of thioether (sulfide) groups is 1. The van der Waals surface area contributed by atoms with E-state index in [9.17, 15) is 4.79 Å². The van der Waals surface area contributed by atoms with Crippen LogP contribution in [0.1, 0.15) is 44.9 Å². The second-order valence-electron chi connectivity index (χ2n) is 5.11. The number of carbonyl (C=O) groups excluding carboxylic acids is 1. The average Bonchev–Trinajstić information content (AvgIpc) is 3.18. The van der Waals surface area contributed by atoms with Crippen molar-refractivity contribution in [3.8, 4) is 0 Å². The first kappa shape index (κ1) is 13.2. The van der Waals surface area contributed by atoms with Gasteiger partial charge in [-0.15, -0.1) is 0 Å². The van der Waals surface area contributed by atoms with Crippen LogP contribution in [0.5, 0.6) is 0 Å². The highest BCUT2D eigenvalue weighted by Gasteiger charge is 2.29. The average molecular weight is 257 g/mol. The lowest BCUT2D eigenvalue weighted by Gasteiger charge is -2.23. The Morgan fingerprint density at radius 3 is 2.59 bits per heavy atom. The van der Waals surface area contributed by atoms with E-state index in [-0.39, 0.29) is 12.0 Å². The zero-order chi connectivity index (χ0) is 12.1. The van der Waals surface area contributed by atoms with Gasteiger partial charge in [-0.3, -0.25) is 4.79 Å². The Kier molecular flexibility index (Phi) is 5.16. The summed E-state index contributed by atoms with van der Waals surface area (Å²) >= 11 is 1.96. The van der Waals surface area contributed by atoms with Crippen molar-refractivity contribution in [2.45, 2.75) is 62.3 Å².